The van der Waals surface area contributed by atoms with Crippen LogP contribution in [0.5, 0.6) is 0 Å². The van der Waals surface area contributed by atoms with Crippen molar-refractivity contribution in [3.63, 3.8) is 0 Å². The summed E-state index contributed by atoms with van der Waals surface area (Å²) in [6.07, 6.45) is 8.38. The van der Waals surface area contributed by atoms with Crippen molar-refractivity contribution in [1.29, 1.82) is 0 Å². The van der Waals surface area contributed by atoms with Gasteiger partial charge in [0.25, 0.3) is 0 Å². The van der Waals surface area contributed by atoms with Gasteiger partial charge in [0.1, 0.15) is 0 Å². The molecule has 3 nitrogen and oxygen atoms in total. The van der Waals surface area contributed by atoms with E-state index in [9.17, 15) is 4.79 Å². The molecule has 1 saturated carbocycles. The molecule has 0 spiro atoms. The lowest BCUT2D eigenvalue weighted by atomic mass is 9.78. The molecule has 1 fully saturated rings. The summed E-state index contributed by atoms with van der Waals surface area (Å²) in [6, 6.07) is 0.218. The third-order valence-electron chi connectivity index (χ3n) is 4.83. The van der Waals surface area contributed by atoms with Crippen LogP contribution in [0.4, 0.5) is 0 Å². The summed E-state index contributed by atoms with van der Waals surface area (Å²) in [7, 11) is 0. The maximum absolute atomic E-state index is 12.2. The van der Waals surface area contributed by atoms with Crippen molar-refractivity contribution in [3.05, 3.63) is 0 Å². The average molecular weight is 305 g/mol. The second-order valence-electron chi connectivity index (χ2n) is 6.69. The molecule has 0 radical (unpaired) electrons. The first-order chi connectivity index (χ1) is 8.88. The predicted molar refractivity (Wildman–Crippen MR) is 88.1 cm³/mol. The van der Waals surface area contributed by atoms with Gasteiger partial charge in [-0.25, -0.2) is 0 Å². The molecule has 0 heterocycles. The van der Waals surface area contributed by atoms with Crippen LogP contribution in [0, 0.1) is 11.8 Å². The summed E-state index contributed by atoms with van der Waals surface area (Å²) in [6.45, 7) is 8.30. The molecule has 1 aliphatic rings. The van der Waals surface area contributed by atoms with Gasteiger partial charge in [0, 0.05) is 6.04 Å². The van der Waals surface area contributed by atoms with Crippen LogP contribution >= 0.6 is 12.4 Å². The molecule has 1 aliphatic carbocycles. The Balaban J connectivity index is 0.00000361. The Morgan fingerprint density at radius 2 is 1.85 bits per heavy atom. The molecule has 1 amide bonds. The van der Waals surface area contributed by atoms with Gasteiger partial charge >= 0.3 is 0 Å². The van der Waals surface area contributed by atoms with E-state index in [1.807, 2.05) is 6.92 Å². The standard InChI is InChI=1S/C16H32N2O.ClH/c1-5-11-16(4,17)15(19)18-13(3)12(2)14-9-7-6-8-10-14;/h12-14H,5-11,17H2,1-4H3,(H,18,19);1H. The highest BCUT2D eigenvalue weighted by Gasteiger charge is 2.31. The maximum atomic E-state index is 12.2. The number of rotatable bonds is 6. The molecule has 0 aromatic heterocycles. The number of carbonyl (C=O) groups excluding carboxylic acids is 1. The number of hydrogen-bond acceptors (Lipinski definition) is 2. The Morgan fingerprint density at radius 3 is 2.35 bits per heavy atom. The zero-order valence-corrected chi connectivity index (χ0v) is 14.4. The number of hydrogen-bond donors (Lipinski definition) is 2. The Kier molecular flexibility index (Phi) is 8.76. The molecule has 3 unspecified atom stereocenters. The molecule has 4 heteroatoms. The summed E-state index contributed by atoms with van der Waals surface area (Å²) in [4.78, 5) is 12.2. The zero-order chi connectivity index (χ0) is 14.5. The van der Waals surface area contributed by atoms with Crippen LogP contribution in [0.25, 0.3) is 0 Å². The van der Waals surface area contributed by atoms with E-state index in [0.717, 1.165) is 18.8 Å². The van der Waals surface area contributed by atoms with Crippen molar-refractivity contribution >= 4 is 18.3 Å². The first kappa shape index (κ1) is 19.7. The fraction of sp³-hybridized carbons (Fsp3) is 0.938. The van der Waals surface area contributed by atoms with E-state index in [0.29, 0.717) is 5.92 Å². The quantitative estimate of drug-likeness (QED) is 0.787. The van der Waals surface area contributed by atoms with Crippen molar-refractivity contribution in [1.82, 2.24) is 5.32 Å². The van der Waals surface area contributed by atoms with E-state index in [2.05, 4.69) is 26.1 Å². The minimum absolute atomic E-state index is 0. The van der Waals surface area contributed by atoms with Crippen LogP contribution in [-0.4, -0.2) is 17.5 Å². The lowest BCUT2D eigenvalue weighted by molar-refractivity contribution is -0.127. The van der Waals surface area contributed by atoms with Gasteiger partial charge in [-0.15, -0.1) is 12.4 Å². The van der Waals surface area contributed by atoms with E-state index >= 15 is 0 Å². The number of nitrogens with one attached hydrogen (secondary N) is 1. The van der Waals surface area contributed by atoms with E-state index in [1.54, 1.807) is 0 Å². The van der Waals surface area contributed by atoms with Crippen molar-refractivity contribution in [2.45, 2.75) is 84.2 Å². The number of nitrogens with two attached hydrogens (primary N) is 1. The van der Waals surface area contributed by atoms with Crippen LogP contribution in [-0.2, 0) is 4.79 Å². The minimum atomic E-state index is -0.727. The van der Waals surface area contributed by atoms with Crippen LogP contribution in [0.3, 0.4) is 0 Å². The Morgan fingerprint density at radius 1 is 1.30 bits per heavy atom. The summed E-state index contributed by atoms with van der Waals surface area (Å²) in [5, 5.41) is 3.14. The van der Waals surface area contributed by atoms with Crippen molar-refractivity contribution in [2.24, 2.45) is 17.6 Å². The van der Waals surface area contributed by atoms with Crippen LogP contribution < -0.4 is 11.1 Å². The largest absolute Gasteiger partial charge is 0.352 e. The van der Waals surface area contributed by atoms with Crippen LogP contribution in [0.2, 0.25) is 0 Å². The summed E-state index contributed by atoms with van der Waals surface area (Å²) in [5.74, 6) is 1.31. The van der Waals surface area contributed by atoms with Crippen LogP contribution in [0.15, 0.2) is 0 Å². The lowest BCUT2D eigenvalue weighted by Gasteiger charge is -2.34. The normalized spacial score (nSPS) is 22.2. The van der Waals surface area contributed by atoms with E-state index in [-0.39, 0.29) is 24.4 Å². The van der Waals surface area contributed by atoms with Gasteiger partial charge in [-0.3, -0.25) is 4.79 Å². The molecule has 0 aromatic carbocycles. The number of amides is 1. The molecule has 120 valence electrons. The summed E-state index contributed by atoms with van der Waals surface area (Å²) in [5.41, 5.74) is 5.36. The van der Waals surface area contributed by atoms with Gasteiger partial charge < -0.3 is 11.1 Å². The molecule has 3 N–H and O–H groups in total. The van der Waals surface area contributed by atoms with Gasteiger partial charge in [-0.1, -0.05) is 52.4 Å². The molecule has 0 aromatic rings. The molecule has 20 heavy (non-hydrogen) atoms. The summed E-state index contributed by atoms with van der Waals surface area (Å²) >= 11 is 0. The third-order valence-corrected chi connectivity index (χ3v) is 4.83. The molecule has 3 atom stereocenters. The minimum Gasteiger partial charge on any atom is -0.352 e. The smallest absolute Gasteiger partial charge is 0.240 e. The van der Waals surface area contributed by atoms with E-state index < -0.39 is 5.54 Å². The highest BCUT2D eigenvalue weighted by molar-refractivity contribution is 5.86. The molecule has 0 saturated heterocycles. The highest BCUT2D eigenvalue weighted by Crippen LogP contribution is 2.31. The first-order valence-electron chi connectivity index (χ1n) is 7.98. The van der Waals surface area contributed by atoms with Gasteiger partial charge in [0.2, 0.25) is 5.91 Å². The van der Waals surface area contributed by atoms with E-state index in [4.69, 9.17) is 5.73 Å². The van der Waals surface area contributed by atoms with E-state index in [1.165, 1.54) is 32.1 Å². The molecule has 0 bridgehead atoms. The first-order valence-corrected chi connectivity index (χ1v) is 7.98. The van der Waals surface area contributed by atoms with Crippen molar-refractivity contribution in [2.75, 3.05) is 0 Å². The second-order valence-corrected chi connectivity index (χ2v) is 6.69. The van der Waals surface area contributed by atoms with Gasteiger partial charge in [-0.05, 0) is 32.1 Å². The number of carbonyl (C=O) groups is 1. The number of halogens is 1. The fourth-order valence-corrected chi connectivity index (χ4v) is 3.20. The fourth-order valence-electron chi connectivity index (χ4n) is 3.20. The van der Waals surface area contributed by atoms with Gasteiger partial charge in [0.05, 0.1) is 5.54 Å². The molecule has 1 rings (SSSR count). The highest BCUT2D eigenvalue weighted by atomic mass is 35.5. The Hall–Kier alpha value is -0.280. The molecule has 0 aliphatic heterocycles. The van der Waals surface area contributed by atoms with Crippen molar-refractivity contribution in [3.8, 4) is 0 Å². The van der Waals surface area contributed by atoms with Gasteiger partial charge in [-0.2, -0.15) is 0 Å². The Labute approximate surface area is 130 Å². The maximum Gasteiger partial charge on any atom is 0.240 e. The van der Waals surface area contributed by atoms with Crippen LogP contribution in [0.1, 0.15) is 72.6 Å². The monoisotopic (exact) mass is 304 g/mol. The zero-order valence-electron chi connectivity index (χ0n) is 13.6. The lowest BCUT2D eigenvalue weighted by Crippen LogP contribution is -2.55. The molecular weight excluding hydrogens is 272 g/mol. The van der Waals surface area contributed by atoms with Gasteiger partial charge in [0.15, 0.2) is 0 Å². The van der Waals surface area contributed by atoms with Crippen molar-refractivity contribution < 1.29 is 4.79 Å². The molecular formula is C16H33ClN2O. The third kappa shape index (κ3) is 5.61. The Bertz CT molecular complexity index is 288. The topological polar surface area (TPSA) is 55.1 Å². The predicted octanol–water partition coefficient (Wildman–Crippen LogP) is 3.65. The summed E-state index contributed by atoms with van der Waals surface area (Å²) < 4.78 is 0. The average Bonchev–Trinajstić information content (AvgIpc) is 2.38. The second kappa shape index (κ2) is 8.89. The SMILES string of the molecule is CCCC(C)(N)C(=O)NC(C)C(C)C1CCCCC1.Cl.